The van der Waals surface area contributed by atoms with Gasteiger partial charge in [-0.3, -0.25) is 4.79 Å². The van der Waals surface area contributed by atoms with Crippen molar-refractivity contribution in [3.05, 3.63) is 89.5 Å². The highest BCUT2D eigenvalue weighted by Gasteiger charge is 2.13. The van der Waals surface area contributed by atoms with E-state index in [1.807, 2.05) is 30.3 Å². The molecule has 3 aromatic carbocycles. The van der Waals surface area contributed by atoms with Crippen LogP contribution < -0.4 is 14.8 Å². The molecule has 3 rings (SSSR count). The molecule has 0 radical (unpaired) electrons. The van der Waals surface area contributed by atoms with Crippen LogP contribution in [0.15, 0.2) is 72.8 Å². The second-order valence-corrected chi connectivity index (χ2v) is 5.89. The molecular formula is C23H17F2NO3. The van der Waals surface area contributed by atoms with E-state index in [1.165, 1.54) is 25.3 Å². The molecule has 0 unspecified atom stereocenters. The van der Waals surface area contributed by atoms with Gasteiger partial charge in [0.1, 0.15) is 0 Å². The average molecular weight is 393 g/mol. The minimum Gasteiger partial charge on any atom is -0.493 e. The average Bonchev–Trinajstić information content (AvgIpc) is 2.73. The Hall–Kier alpha value is -3.85. The minimum absolute atomic E-state index is 0.143. The van der Waals surface area contributed by atoms with E-state index in [-0.39, 0.29) is 17.4 Å². The number of carbonyl (C=O) groups is 1. The van der Waals surface area contributed by atoms with E-state index in [9.17, 15) is 13.6 Å². The number of hydrogen-bond donors (Lipinski definition) is 1. The monoisotopic (exact) mass is 393 g/mol. The third kappa shape index (κ3) is 5.56. The zero-order valence-electron chi connectivity index (χ0n) is 15.5. The van der Waals surface area contributed by atoms with E-state index < -0.39 is 6.61 Å². The first-order chi connectivity index (χ1) is 14.0. The summed E-state index contributed by atoms with van der Waals surface area (Å²) in [5, 5.41) is 2.65. The number of rotatable bonds is 5. The van der Waals surface area contributed by atoms with E-state index >= 15 is 0 Å². The van der Waals surface area contributed by atoms with Crippen LogP contribution in [0, 0.1) is 11.8 Å². The maximum Gasteiger partial charge on any atom is 0.387 e. The third-order valence-electron chi connectivity index (χ3n) is 3.91. The predicted molar refractivity (Wildman–Crippen MR) is 106 cm³/mol. The van der Waals surface area contributed by atoms with Gasteiger partial charge < -0.3 is 14.8 Å². The fourth-order valence-corrected chi connectivity index (χ4v) is 2.52. The summed E-state index contributed by atoms with van der Waals surface area (Å²) in [5.74, 6) is 5.67. The molecule has 0 aliphatic heterocycles. The van der Waals surface area contributed by atoms with Crippen LogP contribution in [0.1, 0.15) is 21.5 Å². The topological polar surface area (TPSA) is 47.6 Å². The van der Waals surface area contributed by atoms with Crippen molar-refractivity contribution >= 4 is 11.6 Å². The van der Waals surface area contributed by atoms with Gasteiger partial charge in [-0.2, -0.15) is 8.78 Å². The van der Waals surface area contributed by atoms with Gasteiger partial charge in [0.05, 0.1) is 7.11 Å². The standard InChI is InChI=1S/C23H17F2NO3/c1-28-20-14-13-19(15-21(20)29-23(24)25)26-22(27)18-11-9-17(10-12-18)8-7-16-5-3-2-4-6-16/h2-6,9-15,23H,1H3,(H,26,27). The Labute approximate surface area is 167 Å². The molecular weight excluding hydrogens is 376 g/mol. The van der Waals surface area contributed by atoms with Crippen LogP contribution in [0.25, 0.3) is 0 Å². The van der Waals surface area contributed by atoms with Crippen molar-refractivity contribution in [2.75, 3.05) is 12.4 Å². The van der Waals surface area contributed by atoms with Crippen molar-refractivity contribution in [3.8, 4) is 23.3 Å². The Morgan fingerprint density at radius 3 is 2.17 bits per heavy atom. The van der Waals surface area contributed by atoms with Crippen molar-refractivity contribution in [2.45, 2.75) is 6.61 Å². The van der Waals surface area contributed by atoms with Crippen LogP contribution in [-0.2, 0) is 0 Å². The molecule has 0 saturated heterocycles. The first kappa shape index (κ1) is 19.9. The number of amides is 1. The molecule has 0 saturated carbocycles. The maximum absolute atomic E-state index is 12.5. The summed E-state index contributed by atoms with van der Waals surface area (Å²) in [7, 11) is 1.34. The lowest BCUT2D eigenvalue weighted by Crippen LogP contribution is -2.12. The molecule has 146 valence electrons. The quantitative estimate of drug-likeness (QED) is 0.624. The molecule has 0 atom stereocenters. The molecule has 3 aromatic rings. The minimum atomic E-state index is -3.00. The largest absolute Gasteiger partial charge is 0.493 e. The molecule has 0 aliphatic rings. The zero-order valence-corrected chi connectivity index (χ0v) is 15.5. The van der Waals surface area contributed by atoms with Gasteiger partial charge in [-0.1, -0.05) is 30.0 Å². The molecule has 0 aliphatic carbocycles. The predicted octanol–water partition coefficient (Wildman–Crippen LogP) is 4.95. The molecule has 0 spiro atoms. The van der Waals surface area contributed by atoms with Gasteiger partial charge in [0.2, 0.25) is 0 Å². The summed E-state index contributed by atoms with van der Waals surface area (Å²) in [6.45, 7) is -3.00. The third-order valence-corrected chi connectivity index (χ3v) is 3.91. The number of anilines is 1. The Balaban J connectivity index is 1.70. The Morgan fingerprint density at radius 1 is 0.897 bits per heavy atom. The van der Waals surface area contributed by atoms with Crippen molar-refractivity contribution in [1.29, 1.82) is 0 Å². The van der Waals surface area contributed by atoms with Crippen LogP contribution in [0.5, 0.6) is 11.5 Å². The van der Waals surface area contributed by atoms with Crippen molar-refractivity contribution in [1.82, 2.24) is 0 Å². The highest BCUT2D eigenvalue weighted by atomic mass is 19.3. The molecule has 29 heavy (non-hydrogen) atoms. The van der Waals surface area contributed by atoms with Crippen LogP contribution in [0.2, 0.25) is 0 Å². The second-order valence-electron chi connectivity index (χ2n) is 5.89. The number of carbonyl (C=O) groups excluding carboxylic acids is 1. The van der Waals surface area contributed by atoms with E-state index in [4.69, 9.17) is 4.74 Å². The van der Waals surface area contributed by atoms with Crippen molar-refractivity contribution in [2.24, 2.45) is 0 Å². The van der Waals surface area contributed by atoms with Gasteiger partial charge in [0, 0.05) is 28.4 Å². The van der Waals surface area contributed by atoms with Crippen LogP contribution >= 0.6 is 0 Å². The van der Waals surface area contributed by atoms with Crippen molar-refractivity contribution in [3.63, 3.8) is 0 Å². The number of hydrogen-bond acceptors (Lipinski definition) is 3. The number of alkyl halides is 2. The summed E-state index contributed by atoms with van der Waals surface area (Å²) >= 11 is 0. The Kier molecular flexibility index (Phi) is 6.43. The lowest BCUT2D eigenvalue weighted by Gasteiger charge is -2.12. The van der Waals surface area contributed by atoms with Gasteiger partial charge in [-0.05, 0) is 48.5 Å². The van der Waals surface area contributed by atoms with Gasteiger partial charge >= 0.3 is 6.61 Å². The fraction of sp³-hybridized carbons (Fsp3) is 0.0870. The van der Waals surface area contributed by atoms with Gasteiger partial charge in [-0.25, -0.2) is 0 Å². The normalized spacial score (nSPS) is 10.1. The first-order valence-electron chi connectivity index (χ1n) is 8.66. The second kappa shape index (κ2) is 9.38. The molecule has 6 heteroatoms. The molecule has 0 fully saturated rings. The van der Waals surface area contributed by atoms with E-state index in [1.54, 1.807) is 24.3 Å². The zero-order chi connectivity index (χ0) is 20.6. The molecule has 1 amide bonds. The maximum atomic E-state index is 12.5. The van der Waals surface area contributed by atoms with Gasteiger partial charge in [0.25, 0.3) is 5.91 Å². The summed E-state index contributed by atoms with van der Waals surface area (Å²) < 4.78 is 34.5. The SMILES string of the molecule is COc1ccc(NC(=O)c2ccc(C#Cc3ccccc3)cc2)cc1OC(F)F. The number of nitrogens with one attached hydrogen (secondary N) is 1. The lowest BCUT2D eigenvalue weighted by atomic mass is 10.1. The van der Waals surface area contributed by atoms with Gasteiger partial charge in [-0.15, -0.1) is 0 Å². The Bertz CT molecular complexity index is 1040. The van der Waals surface area contributed by atoms with Crippen molar-refractivity contribution < 1.29 is 23.0 Å². The van der Waals surface area contributed by atoms with E-state index in [0.717, 1.165) is 11.1 Å². The van der Waals surface area contributed by atoms with Crippen LogP contribution in [0.4, 0.5) is 14.5 Å². The summed E-state index contributed by atoms with van der Waals surface area (Å²) in [6.07, 6.45) is 0. The van der Waals surface area contributed by atoms with Crippen LogP contribution in [0.3, 0.4) is 0 Å². The summed E-state index contributed by atoms with van der Waals surface area (Å²) in [4.78, 5) is 12.4. The van der Waals surface area contributed by atoms with E-state index in [0.29, 0.717) is 11.3 Å². The van der Waals surface area contributed by atoms with Gasteiger partial charge in [0.15, 0.2) is 11.5 Å². The summed E-state index contributed by atoms with van der Waals surface area (Å²) in [6, 6.07) is 20.6. The summed E-state index contributed by atoms with van der Waals surface area (Å²) in [5.41, 5.74) is 2.37. The number of ether oxygens (including phenoxy) is 2. The first-order valence-corrected chi connectivity index (χ1v) is 8.66. The smallest absolute Gasteiger partial charge is 0.387 e. The highest BCUT2D eigenvalue weighted by Crippen LogP contribution is 2.31. The number of benzene rings is 3. The fourth-order valence-electron chi connectivity index (χ4n) is 2.52. The van der Waals surface area contributed by atoms with Crippen LogP contribution in [-0.4, -0.2) is 19.6 Å². The Morgan fingerprint density at radius 2 is 1.55 bits per heavy atom. The molecule has 1 N–H and O–H groups in total. The van der Waals surface area contributed by atoms with E-state index in [2.05, 4.69) is 21.9 Å². The molecule has 0 bridgehead atoms. The number of halogens is 2. The lowest BCUT2D eigenvalue weighted by molar-refractivity contribution is -0.0511. The molecule has 0 aromatic heterocycles. The molecule has 4 nitrogen and oxygen atoms in total. The highest BCUT2D eigenvalue weighted by molar-refractivity contribution is 6.04. The molecule has 0 heterocycles. The number of methoxy groups -OCH3 is 1.